The number of hydrogen-bond donors (Lipinski definition) is 1. The van der Waals surface area contributed by atoms with E-state index < -0.39 is 5.95 Å². The molecule has 1 heterocycles. The molecule has 0 aromatic carbocycles. The zero-order valence-electron chi connectivity index (χ0n) is 3.37. The lowest BCUT2D eigenvalue weighted by atomic mass is 10.9. The van der Waals surface area contributed by atoms with Crippen molar-refractivity contribution >= 4 is 0 Å². The standard InChI is InChI=1S/C2H3FN4/c3-2-1-7(4)6-5-2/h1H,4H2. The molecule has 1 aromatic rings. The van der Waals surface area contributed by atoms with E-state index in [2.05, 4.69) is 10.3 Å². The zero-order valence-corrected chi connectivity index (χ0v) is 3.37. The lowest BCUT2D eigenvalue weighted by molar-refractivity contribution is 0.578. The summed E-state index contributed by atoms with van der Waals surface area (Å²) in [4.78, 5) is 0.801. The molecule has 7 heavy (non-hydrogen) atoms. The van der Waals surface area contributed by atoms with E-state index in [1.165, 1.54) is 0 Å². The van der Waals surface area contributed by atoms with Crippen LogP contribution in [0.3, 0.4) is 0 Å². The monoisotopic (exact) mass is 102 g/mol. The molecule has 0 unspecified atom stereocenters. The summed E-state index contributed by atoms with van der Waals surface area (Å²) in [5.74, 6) is 4.22. The fourth-order valence-electron chi connectivity index (χ4n) is 0.255. The second-order valence-electron chi connectivity index (χ2n) is 1.02. The fraction of sp³-hybridized carbons (Fsp3) is 0. The van der Waals surface area contributed by atoms with Crippen LogP contribution in [0.1, 0.15) is 0 Å². The molecule has 0 spiro atoms. The third-order valence-electron chi connectivity index (χ3n) is 0.482. The molecule has 1 aromatic heterocycles. The van der Waals surface area contributed by atoms with Crippen molar-refractivity contribution in [2.45, 2.75) is 0 Å². The molecule has 0 aliphatic heterocycles. The molecule has 5 heteroatoms. The maximum absolute atomic E-state index is 11.7. The molecular weight excluding hydrogens is 99.0 g/mol. The van der Waals surface area contributed by atoms with Crippen LogP contribution < -0.4 is 5.84 Å². The summed E-state index contributed by atoms with van der Waals surface area (Å²) < 4.78 is 11.7. The highest BCUT2D eigenvalue weighted by Gasteiger charge is 1.89. The van der Waals surface area contributed by atoms with Crippen molar-refractivity contribution in [2.24, 2.45) is 0 Å². The smallest absolute Gasteiger partial charge is 0.255 e. The molecule has 0 saturated heterocycles. The molecule has 38 valence electrons. The third kappa shape index (κ3) is 0.648. The third-order valence-corrected chi connectivity index (χ3v) is 0.482. The van der Waals surface area contributed by atoms with Crippen LogP contribution in [-0.4, -0.2) is 15.1 Å². The molecule has 0 saturated carbocycles. The number of nitrogens with two attached hydrogens (primary N) is 1. The Balaban J connectivity index is 3.04. The molecular formula is C2H3FN4. The van der Waals surface area contributed by atoms with Crippen molar-refractivity contribution < 1.29 is 4.39 Å². The lowest BCUT2D eigenvalue weighted by Gasteiger charge is -1.75. The lowest BCUT2D eigenvalue weighted by Crippen LogP contribution is -2.07. The van der Waals surface area contributed by atoms with Gasteiger partial charge in [-0.3, -0.25) is 0 Å². The quantitative estimate of drug-likeness (QED) is 0.433. The minimum atomic E-state index is -0.664. The first kappa shape index (κ1) is 4.04. The largest absolute Gasteiger partial charge is 0.322 e. The molecule has 0 bridgehead atoms. The summed E-state index contributed by atoms with van der Waals surface area (Å²) in [6.07, 6.45) is 0.972. The number of rotatable bonds is 0. The van der Waals surface area contributed by atoms with Crippen LogP contribution in [0.15, 0.2) is 6.20 Å². The molecule has 0 atom stereocenters. The van der Waals surface area contributed by atoms with Crippen molar-refractivity contribution in [3.63, 3.8) is 0 Å². The first-order chi connectivity index (χ1) is 3.29. The molecule has 0 fully saturated rings. The van der Waals surface area contributed by atoms with Gasteiger partial charge in [-0.25, -0.2) is 0 Å². The van der Waals surface area contributed by atoms with E-state index in [0.29, 0.717) is 0 Å². The summed E-state index contributed by atoms with van der Waals surface area (Å²) in [6.45, 7) is 0. The second kappa shape index (κ2) is 1.18. The maximum atomic E-state index is 11.7. The maximum Gasteiger partial charge on any atom is 0.255 e. The average Bonchev–Trinajstić information content (AvgIpc) is 1.87. The average molecular weight is 102 g/mol. The highest BCUT2D eigenvalue weighted by Crippen LogP contribution is 1.80. The summed E-state index contributed by atoms with van der Waals surface area (Å²) in [6, 6.07) is 0. The number of nitrogens with zero attached hydrogens (tertiary/aromatic N) is 3. The van der Waals surface area contributed by atoms with Crippen LogP contribution in [0.5, 0.6) is 0 Å². The fourth-order valence-corrected chi connectivity index (χ4v) is 0.255. The van der Waals surface area contributed by atoms with Gasteiger partial charge in [-0.2, -0.15) is 9.18 Å². The van der Waals surface area contributed by atoms with Gasteiger partial charge in [0.2, 0.25) is 0 Å². The van der Waals surface area contributed by atoms with E-state index in [1.54, 1.807) is 0 Å². The Hall–Kier alpha value is -1.13. The minimum absolute atomic E-state index is 0.664. The van der Waals surface area contributed by atoms with Crippen LogP contribution >= 0.6 is 0 Å². The van der Waals surface area contributed by atoms with Crippen molar-refractivity contribution in [3.05, 3.63) is 12.1 Å². The van der Waals surface area contributed by atoms with E-state index in [9.17, 15) is 4.39 Å². The van der Waals surface area contributed by atoms with Gasteiger partial charge >= 0.3 is 0 Å². The first-order valence-corrected chi connectivity index (χ1v) is 1.62. The highest BCUT2D eigenvalue weighted by molar-refractivity contribution is 4.67. The van der Waals surface area contributed by atoms with Gasteiger partial charge in [-0.1, -0.05) is 5.10 Å². The minimum Gasteiger partial charge on any atom is -0.322 e. The Bertz CT molecular complexity index is 142. The topological polar surface area (TPSA) is 56.7 Å². The Morgan fingerprint density at radius 1 is 1.86 bits per heavy atom. The van der Waals surface area contributed by atoms with Gasteiger partial charge in [0.05, 0.1) is 0 Å². The van der Waals surface area contributed by atoms with Crippen molar-refractivity contribution in [3.8, 4) is 0 Å². The van der Waals surface area contributed by atoms with Crippen LogP contribution in [0.4, 0.5) is 4.39 Å². The zero-order chi connectivity index (χ0) is 5.28. The summed E-state index contributed by atoms with van der Waals surface area (Å²) >= 11 is 0. The second-order valence-corrected chi connectivity index (χ2v) is 1.02. The Kier molecular flexibility index (Phi) is 0.680. The Morgan fingerprint density at radius 3 is 2.71 bits per heavy atom. The van der Waals surface area contributed by atoms with Crippen molar-refractivity contribution in [1.29, 1.82) is 0 Å². The predicted molar refractivity (Wildman–Crippen MR) is 20.1 cm³/mol. The number of aromatic nitrogens is 3. The number of nitrogen functional groups attached to an aromatic ring is 1. The summed E-state index contributed by atoms with van der Waals surface area (Å²) in [5.41, 5.74) is 0. The molecule has 2 N–H and O–H groups in total. The van der Waals surface area contributed by atoms with E-state index in [4.69, 9.17) is 5.84 Å². The van der Waals surface area contributed by atoms with E-state index in [0.717, 1.165) is 11.0 Å². The molecule has 0 amide bonds. The van der Waals surface area contributed by atoms with Gasteiger partial charge in [0.15, 0.2) is 0 Å². The summed E-state index contributed by atoms with van der Waals surface area (Å²) in [5, 5.41) is 6.02. The van der Waals surface area contributed by atoms with Crippen LogP contribution in [-0.2, 0) is 0 Å². The van der Waals surface area contributed by atoms with Crippen LogP contribution in [0.2, 0.25) is 0 Å². The Morgan fingerprint density at radius 2 is 2.57 bits per heavy atom. The normalized spacial score (nSPS) is 9.29. The Labute approximate surface area is 38.7 Å². The van der Waals surface area contributed by atoms with Crippen LogP contribution in [0, 0.1) is 5.95 Å². The van der Waals surface area contributed by atoms with Crippen molar-refractivity contribution in [2.75, 3.05) is 5.84 Å². The molecule has 0 aliphatic rings. The van der Waals surface area contributed by atoms with Gasteiger partial charge < -0.3 is 5.84 Å². The predicted octanol–water partition coefficient (Wildman–Crippen LogP) is -0.869. The number of hydrogen-bond acceptors (Lipinski definition) is 3. The van der Waals surface area contributed by atoms with Crippen LogP contribution in [0.25, 0.3) is 0 Å². The molecule has 1 rings (SSSR count). The van der Waals surface area contributed by atoms with E-state index in [-0.39, 0.29) is 0 Å². The van der Waals surface area contributed by atoms with Gasteiger partial charge in [-0.05, 0) is 5.21 Å². The van der Waals surface area contributed by atoms with E-state index >= 15 is 0 Å². The van der Waals surface area contributed by atoms with Gasteiger partial charge in [0.25, 0.3) is 5.95 Å². The van der Waals surface area contributed by atoms with E-state index in [1.807, 2.05) is 0 Å². The first-order valence-electron chi connectivity index (χ1n) is 1.62. The van der Waals surface area contributed by atoms with Gasteiger partial charge in [0.1, 0.15) is 6.20 Å². The SMILES string of the molecule is Nn1cc(F)nn1. The van der Waals surface area contributed by atoms with Gasteiger partial charge in [0, 0.05) is 0 Å². The molecule has 0 radical (unpaired) electrons. The van der Waals surface area contributed by atoms with Gasteiger partial charge in [-0.15, -0.1) is 0 Å². The molecule has 4 nitrogen and oxygen atoms in total. The number of halogens is 1. The van der Waals surface area contributed by atoms with Crippen molar-refractivity contribution in [1.82, 2.24) is 15.1 Å². The molecule has 0 aliphatic carbocycles. The highest BCUT2D eigenvalue weighted by atomic mass is 19.1. The summed E-state index contributed by atoms with van der Waals surface area (Å²) in [7, 11) is 0.